The lowest BCUT2D eigenvalue weighted by atomic mass is 10.0. The molecule has 6 heteroatoms. The van der Waals surface area contributed by atoms with Crippen LogP contribution >= 0.6 is 11.6 Å². The van der Waals surface area contributed by atoms with Gasteiger partial charge in [0.1, 0.15) is 17.7 Å². The first-order valence-electron chi connectivity index (χ1n) is 4.93. The molecule has 1 atom stereocenters. The van der Waals surface area contributed by atoms with Gasteiger partial charge in [-0.2, -0.15) is 5.10 Å². The van der Waals surface area contributed by atoms with Crippen molar-refractivity contribution in [1.29, 1.82) is 0 Å². The van der Waals surface area contributed by atoms with Gasteiger partial charge in [-0.25, -0.2) is 0 Å². The van der Waals surface area contributed by atoms with Crippen LogP contribution in [0.5, 0.6) is 5.75 Å². The van der Waals surface area contributed by atoms with E-state index in [9.17, 15) is 5.11 Å². The number of nitrogens with one attached hydrogen (secondary N) is 1. The Labute approximate surface area is 103 Å². The number of rotatable bonds is 3. The Morgan fingerprint density at radius 2 is 2.24 bits per heavy atom. The van der Waals surface area contributed by atoms with Crippen LogP contribution in [-0.4, -0.2) is 22.4 Å². The average Bonchev–Trinajstić information content (AvgIpc) is 2.74. The third kappa shape index (κ3) is 2.20. The molecule has 0 aliphatic rings. The Balaban J connectivity index is 2.46. The second-order valence-corrected chi connectivity index (χ2v) is 3.96. The molecule has 0 aliphatic heterocycles. The second-order valence-electron chi connectivity index (χ2n) is 3.53. The number of anilines is 1. The highest BCUT2D eigenvalue weighted by molar-refractivity contribution is 6.30. The van der Waals surface area contributed by atoms with Crippen LogP contribution in [0.4, 0.5) is 5.82 Å². The van der Waals surface area contributed by atoms with Gasteiger partial charge in [0.2, 0.25) is 0 Å². The zero-order valence-electron chi connectivity index (χ0n) is 9.14. The molecular weight excluding hydrogens is 242 g/mol. The zero-order valence-corrected chi connectivity index (χ0v) is 9.90. The van der Waals surface area contributed by atoms with Gasteiger partial charge in [-0.1, -0.05) is 11.6 Å². The molecule has 0 amide bonds. The molecule has 0 aliphatic carbocycles. The first-order chi connectivity index (χ1) is 8.13. The van der Waals surface area contributed by atoms with Crippen LogP contribution in [0.1, 0.15) is 17.2 Å². The Morgan fingerprint density at radius 3 is 2.82 bits per heavy atom. The van der Waals surface area contributed by atoms with Gasteiger partial charge in [-0.05, 0) is 18.2 Å². The van der Waals surface area contributed by atoms with Crippen LogP contribution in [0.25, 0.3) is 0 Å². The number of benzene rings is 1. The maximum Gasteiger partial charge on any atom is 0.125 e. The Kier molecular flexibility index (Phi) is 3.21. The first-order valence-corrected chi connectivity index (χ1v) is 5.31. The summed E-state index contributed by atoms with van der Waals surface area (Å²) < 4.78 is 5.17. The molecule has 0 radical (unpaired) electrons. The molecular formula is C11H12ClN3O2. The summed E-state index contributed by atoms with van der Waals surface area (Å²) in [4.78, 5) is 0. The molecule has 4 N–H and O–H groups in total. The lowest BCUT2D eigenvalue weighted by Gasteiger charge is -2.14. The number of hydrogen-bond acceptors (Lipinski definition) is 4. The van der Waals surface area contributed by atoms with Gasteiger partial charge in [0.25, 0.3) is 0 Å². The van der Waals surface area contributed by atoms with E-state index < -0.39 is 6.10 Å². The summed E-state index contributed by atoms with van der Waals surface area (Å²) in [5, 5.41) is 17.1. The van der Waals surface area contributed by atoms with E-state index in [1.54, 1.807) is 18.2 Å². The average molecular weight is 254 g/mol. The molecule has 0 spiro atoms. The number of aromatic amines is 1. The minimum atomic E-state index is -0.928. The molecule has 1 aromatic heterocycles. The fourth-order valence-corrected chi connectivity index (χ4v) is 1.79. The van der Waals surface area contributed by atoms with E-state index in [1.807, 2.05) is 0 Å². The van der Waals surface area contributed by atoms with Crippen LogP contribution in [0.3, 0.4) is 0 Å². The summed E-state index contributed by atoms with van der Waals surface area (Å²) in [6, 6.07) is 5.02. The molecule has 1 heterocycles. The summed E-state index contributed by atoms with van der Waals surface area (Å²) in [6.45, 7) is 0. The second kappa shape index (κ2) is 4.65. The number of aliphatic hydroxyl groups excluding tert-OH is 1. The fraction of sp³-hybridized carbons (Fsp3) is 0.182. The Bertz CT molecular complexity index is 527. The highest BCUT2D eigenvalue weighted by Gasteiger charge is 2.19. The van der Waals surface area contributed by atoms with Crippen molar-refractivity contribution < 1.29 is 9.84 Å². The number of nitrogen functional groups attached to an aromatic ring is 1. The largest absolute Gasteiger partial charge is 0.496 e. The quantitative estimate of drug-likeness (QED) is 0.778. The summed E-state index contributed by atoms with van der Waals surface area (Å²) in [5.74, 6) is 0.863. The van der Waals surface area contributed by atoms with Crippen molar-refractivity contribution in [3.63, 3.8) is 0 Å². The van der Waals surface area contributed by atoms with Gasteiger partial charge in [-0.15, -0.1) is 0 Å². The number of hydrogen-bond donors (Lipinski definition) is 3. The van der Waals surface area contributed by atoms with Crippen molar-refractivity contribution in [3.05, 3.63) is 40.5 Å². The zero-order chi connectivity index (χ0) is 12.4. The number of H-pyrrole nitrogens is 1. The highest BCUT2D eigenvalue weighted by atomic mass is 35.5. The van der Waals surface area contributed by atoms with E-state index in [-0.39, 0.29) is 0 Å². The molecule has 1 unspecified atom stereocenters. The van der Waals surface area contributed by atoms with Crippen LogP contribution in [-0.2, 0) is 0 Å². The maximum atomic E-state index is 10.2. The topological polar surface area (TPSA) is 84.2 Å². The minimum Gasteiger partial charge on any atom is -0.496 e. The smallest absolute Gasteiger partial charge is 0.125 e. The van der Waals surface area contributed by atoms with Crippen LogP contribution in [0.2, 0.25) is 5.02 Å². The predicted molar refractivity (Wildman–Crippen MR) is 65.1 cm³/mol. The van der Waals surface area contributed by atoms with E-state index >= 15 is 0 Å². The van der Waals surface area contributed by atoms with E-state index in [1.165, 1.54) is 13.3 Å². The van der Waals surface area contributed by atoms with Crippen molar-refractivity contribution in [1.82, 2.24) is 10.2 Å². The number of nitrogens with two attached hydrogens (primary N) is 1. The van der Waals surface area contributed by atoms with E-state index in [0.717, 1.165) is 0 Å². The highest BCUT2D eigenvalue weighted by Crippen LogP contribution is 2.33. The van der Waals surface area contributed by atoms with Gasteiger partial charge >= 0.3 is 0 Å². The standard InChI is InChI=1S/C11H12ClN3O2/c1-17-9-3-2-6(12)4-7(9)10(16)8-5-14-15-11(8)13/h2-5,10,16H,1H3,(H3,13,14,15). The number of aliphatic hydroxyl groups is 1. The van der Waals surface area contributed by atoms with E-state index in [4.69, 9.17) is 22.1 Å². The Morgan fingerprint density at radius 1 is 1.47 bits per heavy atom. The molecule has 0 fully saturated rings. The molecule has 0 saturated carbocycles. The molecule has 1 aromatic carbocycles. The predicted octanol–water partition coefficient (Wildman–Crippen LogP) is 1.74. The van der Waals surface area contributed by atoms with Crippen LogP contribution in [0.15, 0.2) is 24.4 Å². The monoisotopic (exact) mass is 253 g/mol. The molecule has 0 saturated heterocycles. The molecule has 0 bridgehead atoms. The lowest BCUT2D eigenvalue weighted by molar-refractivity contribution is 0.215. The van der Waals surface area contributed by atoms with Crippen molar-refractivity contribution >= 4 is 17.4 Å². The van der Waals surface area contributed by atoms with Gasteiger partial charge in [0, 0.05) is 16.1 Å². The Hall–Kier alpha value is -1.72. The van der Waals surface area contributed by atoms with Gasteiger partial charge in [0.15, 0.2) is 0 Å². The molecule has 2 aromatic rings. The molecule has 90 valence electrons. The van der Waals surface area contributed by atoms with Crippen molar-refractivity contribution in [2.45, 2.75) is 6.10 Å². The summed E-state index contributed by atoms with van der Waals surface area (Å²) in [5.41, 5.74) is 6.70. The number of halogens is 1. The van der Waals surface area contributed by atoms with Gasteiger partial charge < -0.3 is 15.6 Å². The van der Waals surface area contributed by atoms with E-state index in [0.29, 0.717) is 27.7 Å². The molecule has 5 nitrogen and oxygen atoms in total. The first kappa shape index (κ1) is 11.8. The summed E-state index contributed by atoms with van der Waals surface area (Å²) >= 11 is 5.90. The van der Waals surface area contributed by atoms with Crippen molar-refractivity contribution in [3.8, 4) is 5.75 Å². The van der Waals surface area contributed by atoms with Gasteiger partial charge in [0.05, 0.1) is 13.3 Å². The van der Waals surface area contributed by atoms with Crippen molar-refractivity contribution in [2.75, 3.05) is 12.8 Å². The maximum absolute atomic E-state index is 10.2. The van der Waals surface area contributed by atoms with Crippen molar-refractivity contribution in [2.24, 2.45) is 0 Å². The number of ether oxygens (including phenoxy) is 1. The number of nitrogens with zero attached hydrogens (tertiary/aromatic N) is 1. The number of aromatic nitrogens is 2. The fourth-order valence-electron chi connectivity index (χ4n) is 1.61. The minimum absolute atomic E-state index is 0.319. The molecule has 2 rings (SSSR count). The summed E-state index contributed by atoms with van der Waals surface area (Å²) in [6.07, 6.45) is 0.544. The summed E-state index contributed by atoms with van der Waals surface area (Å²) in [7, 11) is 1.53. The van der Waals surface area contributed by atoms with E-state index in [2.05, 4.69) is 10.2 Å². The SMILES string of the molecule is COc1ccc(Cl)cc1C(O)c1cn[nH]c1N. The van der Waals surface area contributed by atoms with Crippen LogP contribution in [0, 0.1) is 0 Å². The molecule has 17 heavy (non-hydrogen) atoms. The third-order valence-electron chi connectivity index (χ3n) is 2.48. The van der Waals surface area contributed by atoms with Gasteiger partial charge in [-0.3, -0.25) is 5.10 Å². The third-order valence-corrected chi connectivity index (χ3v) is 2.72. The lowest BCUT2D eigenvalue weighted by Crippen LogP contribution is -2.04. The number of methoxy groups -OCH3 is 1. The normalized spacial score (nSPS) is 12.4. The van der Waals surface area contributed by atoms with Crippen LogP contribution < -0.4 is 10.5 Å².